The van der Waals surface area contributed by atoms with E-state index in [9.17, 15) is 9.59 Å². The highest BCUT2D eigenvalue weighted by atomic mass is 16.5. The van der Waals surface area contributed by atoms with Gasteiger partial charge in [-0.15, -0.1) is 0 Å². The summed E-state index contributed by atoms with van der Waals surface area (Å²) in [5.41, 5.74) is 1.97. The number of esters is 1. The van der Waals surface area contributed by atoms with Gasteiger partial charge in [-0.2, -0.15) is 0 Å². The number of aromatic amines is 1. The summed E-state index contributed by atoms with van der Waals surface area (Å²) < 4.78 is 4.58. The standard InChI is InChI=1S/C18H25N3O3/c1-24-18(23)11-5-3-2-4-10-17(22)19-13-12-16-20-14-8-6-7-9-15(14)21-16/h6-9H,2-5,10-13H2,1H3,(H,19,22)(H,20,21). The van der Waals surface area contributed by atoms with E-state index >= 15 is 0 Å². The summed E-state index contributed by atoms with van der Waals surface area (Å²) in [4.78, 5) is 30.5. The van der Waals surface area contributed by atoms with Gasteiger partial charge < -0.3 is 15.0 Å². The fourth-order valence-corrected chi connectivity index (χ4v) is 2.54. The number of para-hydroxylation sites is 2. The number of H-pyrrole nitrogens is 1. The Labute approximate surface area is 142 Å². The van der Waals surface area contributed by atoms with Gasteiger partial charge in [0.1, 0.15) is 5.82 Å². The molecule has 6 nitrogen and oxygen atoms in total. The summed E-state index contributed by atoms with van der Waals surface area (Å²) in [5, 5.41) is 2.92. The highest BCUT2D eigenvalue weighted by molar-refractivity contribution is 5.76. The van der Waals surface area contributed by atoms with Gasteiger partial charge in [-0.25, -0.2) is 4.98 Å². The quantitative estimate of drug-likeness (QED) is 0.518. The van der Waals surface area contributed by atoms with Gasteiger partial charge in [0.2, 0.25) is 5.91 Å². The molecule has 6 heteroatoms. The number of ether oxygens (including phenoxy) is 1. The van der Waals surface area contributed by atoms with E-state index in [4.69, 9.17) is 0 Å². The van der Waals surface area contributed by atoms with Crippen LogP contribution in [-0.4, -0.2) is 35.5 Å². The second-order valence-electron chi connectivity index (χ2n) is 5.79. The molecule has 0 saturated heterocycles. The monoisotopic (exact) mass is 331 g/mol. The second-order valence-corrected chi connectivity index (χ2v) is 5.79. The van der Waals surface area contributed by atoms with Crippen LogP contribution in [0.3, 0.4) is 0 Å². The molecular weight excluding hydrogens is 306 g/mol. The first-order valence-corrected chi connectivity index (χ1v) is 8.46. The lowest BCUT2D eigenvalue weighted by molar-refractivity contribution is -0.140. The number of carbonyl (C=O) groups excluding carboxylic acids is 2. The molecule has 130 valence electrons. The van der Waals surface area contributed by atoms with Crippen molar-refractivity contribution in [1.29, 1.82) is 0 Å². The molecule has 0 aliphatic rings. The van der Waals surface area contributed by atoms with E-state index in [0.29, 0.717) is 25.8 Å². The number of nitrogens with zero attached hydrogens (tertiary/aromatic N) is 1. The molecule has 2 aromatic rings. The van der Waals surface area contributed by atoms with E-state index in [2.05, 4.69) is 20.0 Å². The first kappa shape index (κ1) is 18.0. The molecular formula is C18H25N3O3. The Morgan fingerprint density at radius 2 is 1.88 bits per heavy atom. The van der Waals surface area contributed by atoms with Crippen LogP contribution < -0.4 is 5.32 Å². The van der Waals surface area contributed by atoms with Gasteiger partial charge in [0.05, 0.1) is 18.1 Å². The minimum Gasteiger partial charge on any atom is -0.469 e. The van der Waals surface area contributed by atoms with E-state index in [-0.39, 0.29) is 11.9 Å². The van der Waals surface area contributed by atoms with Crippen molar-refractivity contribution in [3.8, 4) is 0 Å². The van der Waals surface area contributed by atoms with Crippen molar-refractivity contribution in [3.05, 3.63) is 30.1 Å². The molecule has 2 N–H and O–H groups in total. The molecule has 1 heterocycles. The SMILES string of the molecule is COC(=O)CCCCCCC(=O)NCCc1nc2ccccc2[nH]1. The maximum absolute atomic E-state index is 11.8. The molecule has 0 atom stereocenters. The average molecular weight is 331 g/mol. The fourth-order valence-electron chi connectivity index (χ4n) is 2.54. The average Bonchev–Trinajstić information content (AvgIpc) is 3.00. The second kappa shape index (κ2) is 9.70. The van der Waals surface area contributed by atoms with Gasteiger partial charge >= 0.3 is 5.97 Å². The van der Waals surface area contributed by atoms with E-state index in [1.807, 2.05) is 24.3 Å². The van der Waals surface area contributed by atoms with E-state index in [1.54, 1.807) is 0 Å². The number of hydrogen-bond donors (Lipinski definition) is 2. The number of benzene rings is 1. The number of imidazole rings is 1. The molecule has 0 aliphatic heterocycles. The van der Waals surface area contributed by atoms with Crippen LogP contribution in [-0.2, 0) is 20.7 Å². The number of hydrogen-bond acceptors (Lipinski definition) is 4. The Balaban J connectivity index is 1.54. The lowest BCUT2D eigenvalue weighted by atomic mass is 10.1. The first-order valence-electron chi connectivity index (χ1n) is 8.46. The zero-order valence-corrected chi connectivity index (χ0v) is 14.1. The number of methoxy groups -OCH3 is 1. The number of amides is 1. The Morgan fingerprint density at radius 3 is 2.62 bits per heavy atom. The number of rotatable bonds is 10. The fraction of sp³-hybridized carbons (Fsp3) is 0.500. The van der Waals surface area contributed by atoms with Crippen molar-refractivity contribution in [2.24, 2.45) is 0 Å². The Morgan fingerprint density at radius 1 is 1.12 bits per heavy atom. The third kappa shape index (κ3) is 6.02. The highest BCUT2D eigenvalue weighted by Gasteiger charge is 2.05. The predicted molar refractivity (Wildman–Crippen MR) is 92.5 cm³/mol. The molecule has 1 amide bonds. The van der Waals surface area contributed by atoms with Crippen LogP contribution >= 0.6 is 0 Å². The number of aromatic nitrogens is 2. The van der Waals surface area contributed by atoms with Crippen LogP contribution in [0.25, 0.3) is 11.0 Å². The Hall–Kier alpha value is -2.37. The summed E-state index contributed by atoms with van der Waals surface area (Å²) in [6.07, 6.45) is 5.24. The molecule has 0 spiro atoms. The third-order valence-corrected chi connectivity index (χ3v) is 3.88. The largest absolute Gasteiger partial charge is 0.469 e. The van der Waals surface area contributed by atoms with Crippen molar-refractivity contribution in [2.75, 3.05) is 13.7 Å². The van der Waals surface area contributed by atoms with E-state index in [1.165, 1.54) is 7.11 Å². The molecule has 0 bridgehead atoms. The van der Waals surface area contributed by atoms with Crippen LogP contribution in [0.4, 0.5) is 0 Å². The highest BCUT2D eigenvalue weighted by Crippen LogP contribution is 2.10. The number of nitrogens with one attached hydrogen (secondary N) is 2. The lowest BCUT2D eigenvalue weighted by Crippen LogP contribution is -2.25. The topological polar surface area (TPSA) is 84.1 Å². The normalized spacial score (nSPS) is 10.7. The predicted octanol–water partition coefficient (Wildman–Crippen LogP) is 2.74. The van der Waals surface area contributed by atoms with Crippen LogP contribution in [0, 0.1) is 0 Å². The minimum absolute atomic E-state index is 0.0686. The number of fused-ring (bicyclic) bond motifs is 1. The summed E-state index contributed by atoms with van der Waals surface area (Å²) in [5.74, 6) is 0.789. The molecule has 0 aliphatic carbocycles. The molecule has 2 rings (SSSR count). The molecule has 24 heavy (non-hydrogen) atoms. The van der Waals surface area contributed by atoms with Crippen LogP contribution in [0.15, 0.2) is 24.3 Å². The van der Waals surface area contributed by atoms with Gasteiger partial charge in [-0.1, -0.05) is 25.0 Å². The Bertz CT molecular complexity index is 633. The molecule has 1 aromatic carbocycles. The van der Waals surface area contributed by atoms with Crippen LogP contribution in [0.1, 0.15) is 44.3 Å². The maximum atomic E-state index is 11.8. The summed E-state index contributed by atoms with van der Waals surface area (Å²) >= 11 is 0. The maximum Gasteiger partial charge on any atom is 0.305 e. The van der Waals surface area contributed by atoms with Gasteiger partial charge in [-0.3, -0.25) is 9.59 Å². The number of unbranched alkanes of at least 4 members (excludes halogenated alkanes) is 3. The zero-order valence-electron chi connectivity index (χ0n) is 14.1. The third-order valence-electron chi connectivity index (χ3n) is 3.88. The first-order chi connectivity index (χ1) is 11.7. The van der Waals surface area contributed by atoms with Gasteiger partial charge in [0, 0.05) is 25.8 Å². The van der Waals surface area contributed by atoms with Crippen molar-refractivity contribution in [3.63, 3.8) is 0 Å². The summed E-state index contributed by atoms with van der Waals surface area (Å²) in [6, 6.07) is 7.88. The van der Waals surface area contributed by atoms with Crippen molar-refractivity contribution < 1.29 is 14.3 Å². The lowest BCUT2D eigenvalue weighted by Gasteiger charge is -2.04. The molecule has 0 radical (unpaired) electrons. The minimum atomic E-state index is -0.168. The van der Waals surface area contributed by atoms with E-state index < -0.39 is 0 Å². The van der Waals surface area contributed by atoms with Gasteiger partial charge in [0.15, 0.2) is 0 Å². The van der Waals surface area contributed by atoms with E-state index in [0.717, 1.165) is 42.5 Å². The zero-order chi connectivity index (χ0) is 17.2. The Kier molecular flexibility index (Phi) is 7.26. The van der Waals surface area contributed by atoms with Gasteiger partial charge in [-0.05, 0) is 25.0 Å². The molecule has 0 saturated carbocycles. The summed E-state index contributed by atoms with van der Waals surface area (Å²) in [6.45, 7) is 0.584. The molecule has 0 fully saturated rings. The summed E-state index contributed by atoms with van der Waals surface area (Å²) in [7, 11) is 1.40. The molecule has 0 unspecified atom stereocenters. The van der Waals surface area contributed by atoms with Crippen molar-refractivity contribution in [2.45, 2.75) is 44.9 Å². The van der Waals surface area contributed by atoms with Crippen molar-refractivity contribution >= 4 is 22.9 Å². The van der Waals surface area contributed by atoms with Crippen molar-refractivity contribution in [1.82, 2.24) is 15.3 Å². The van der Waals surface area contributed by atoms with Crippen LogP contribution in [0.2, 0.25) is 0 Å². The van der Waals surface area contributed by atoms with Gasteiger partial charge in [0.25, 0.3) is 0 Å². The number of carbonyl (C=O) groups is 2. The molecule has 1 aromatic heterocycles. The van der Waals surface area contributed by atoms with Crippen LogP contribution in [0.5, 0.6) is 0 Å². The smallest absolute Gasteiger partial charge is 0.305 e.